The summed E-state index contributed by atoms with van der Waals surface area (Å²) in [4.78, 5) is 29.1. The monoisotopic (exact) mass is 398 g/mol. The second-order valence-electron chi connectivity index (χ2n) is 6.08. The van der Waals surface area contributed by atoms with Gasteiger partial charge in [0, 0.05) is 18.3 Å². The Bertz CT molecular complexity index is 1280. The first-order valence-corrected chi connectivity index (χ1v) is 8.37. The minimum Gasteiger partial charge on any atom is -0.452 e. The number of para-hydroxylation sites is 1. The maximum absolute atomic E-state index is 14.4. The van der Waals surface area contributed by atoms with Crippen molar-refractivity contribution in [1.29, 1.82) is 0 Å². The molecule has 0 atom stereocenters. The lowest BCUT2D eigenvalue weighted by molar-refractivity contribution is -0.386. The van der Waals surface area contributed by atoms with Gasteiger partial charge in [0.15, 0.2) is 17.4 Å². The molecule has 2 heterocycles. The van der Waals surface area contributed by atoms with Crippen LogP contribution in [-0.2, 0) is 6.54 Å². The summed E-state index contributed by atoms with van der Waals surface area (Å²) in [6.07, 6.45) is 1.33. The average molecular weight is 398 g/mol. The van der Waals surface area contributed by atoms with Crippen molar-refractivity contribution in [2.24, 2.45) is 0 Å². The zero-order valence-electron chi connectivity index (χ0n) is 14.6. The van der Waals surface area contributed by atoms with E-state index in [2.05, 4.69) is 9.97 Å². The quantitative estimate of drug-likeness (QED) is 0.407. The van der Waals surface area contributed by atoms with E-state index in [0.717, 1.165) is 10.6 Å². The van der Waals surface area contributed by atoms with E-state index in [0.29, 0.717) is 11.8 Å². The highest BCUT2D eigenvalue weighted by atomic mass is 19.1. The van der Waals surface area contributed by atoms with E-state index in [1.54, 1.807) is 30.3 Å². The number of nitrogens with zero attached hydrogens (tertiary/aromatic N) is 3. The number of fused-ring (bicyclic) bond motifs is 1. The minimum atomic E-state index is -0.929. The van der Waals surface area contributed by atoms with E-state index in [1.165, 1.54) is 12.3 Å². The van der Waals surface area contributed by atoms with Crippen LogP contribution in [0.15, 0.2) is 59.5 Å². The molecule has 0 aliphatic heterocycles. The van der Waals surface area contributed by atoms with Gasteiger partial charge in [-0.05, 0) is 18.2 Å². The summed E-state index contributed by atoms with van der Waals surface area (Å²) >= 11 is 0. The fraction of sp³-hybridized carbons (Fsp3) is 0.0526. The molecule has 2 aromatic heterocycles. The fourth-order valence-electron chi connectivity index (χ4n) is 2.85. The summed E-state index contributed by atoms with van der Waals surface area (Å²) in [6, 6.07) is 11.4. The highest BCUT2D eigenvalue weighted by Gasteiger charge is 2.20. The van der Waals surface area contributed by atoms with Crippen molar-refractivity contribution in [1.82, 2.24) is 14.5 Å². The summed E-state index contributed by atoms with van der Waals surface area (Å²) in [7, 11) is 0. The zero-order valence-corrected chi connectivity index (χ0v) is 14.6. The van der Waals surface area contributed by atoms with E-state index in [9.17, 15) is 23.7 Å². The van der Waals surface area contributed by atoms with E-state index in [-0.39, 0.29) is 29.2 Å². The summed E-state index contributed by atoms with van der Waals surface area (Å²) in [5.41, 5.74) is -1.65. The van der Waals surface area contributed by atoms with Crippen LogP contribution in [0.1, 0.15) is 5.82 Å². The van der Waals surface area contributed by atoms with Crippen LogP contribution in [0, 0.1) is 21.7 Å². The predicted octanol–water partition coefficient (Wildman–Crippen LogP) is 3.75. The van der Waals surface area contributed by atoms with E-state index in [1.807, 2.05) is 0 Å². The lowest BCUT2D eigenvalue weighted by Gasteiger charge is -2.07. The number of aromatic nitrogens is 3. The number of nitrogens with one attached hydrogen (secondary N) is 1. The number of rotatable bonds is 5. The predicted molar refractivity (Wildman–Crippen MR) is 99.0 cm³/mol. The highest BCUT2D eigenvalue weighted by molar-refractivity contribution is 5.83. The molecule has 0 bridgehead atoms. The summed E-state index contributed by atoms with van der Waals surface area (Å²) in [6.45, 7) is -0.207. The molecule has 0 fully saturated rings. The number of H-pyrrole nitrogens is 1. The van der Waals surface area contributed by atoms with Gasteiger partial charge in [0.05, 0.1) is 11.5 Å². The van der Waals surface area contributed by atoms with Gasteiger partial charge < -0.3 is 14.3 Å². The Kier molecular flexibility index (Phi) is 4.51. The first-order chi connectivity index (χ1) is 13.9. The second-order valence-corrected chi connectivity index (χ2v) is 6.08. The molecule has 1 N–H and O–H groups in total. The summed E-state index contributed by atoms with van der Waals surface area (Å²) in [5.74, 6) is -1.65. The van der Waals surface area contributed by atoms with E-state index >= 15 is 0 Å². The molecule has 0 saturated carbocycles. The third-order valence-electron chi connectivity index (χ3n) is 4.16. The molecular formula is C19H12F2N4O4. The molecular weight excluding hydrogens is 386 g/mol. The Morgan fingerprint density at radius 1 is 1.14 bits per heavy atom. The molecule has 2 aromatic carbocycles. The van der Waals surface area contributed by atoms with Crippen LogP contribution < -0.4 is 10.3 Å². The largest absolute Gasteiger partial charge is 0.452 e. The van der Waals surface area contributed by atoms with Gasteiger partial charge in [0.25, 0.3) is 0 Å². The lowest BCUT2D eigenvalue weighted by Crippen LogP contribution is -2.22. The third kappa shape index (κ3) is 3.43. The topological polar surface area (TPSA) is 103 Å². The van der Waals surface area contributed by atoms with Crippen molar-refractivity contribution < 1.29 is 18.4 Å². The standard InChI is InChI=1S/C19H12F2N4O4/c20-12-9-13(21)18(29-11-5-2-1-3-6-11)17-16(12)22-15(23-17)10-24-8-4-7-14(19(24)26)25(27)28/h1-9H,10H2,(H,22,23). The van der Waals surface area contributed by atoms with Crippen LogP contribution in [0.4, 0.5) is 14.5 Å². The Labute approximate surface area is 161 Å². The zero-order chi connectivity index (χ0) is 20.5. The Hall–Kier alpha value is -4.08. The number of imidazole rings is 1. The second kappa shape index (κ2) is 7.15. The number of pyridine rings is 1. The first-order valence-electron chi connectivity index (χ1n) is 8.37. The van der Waals surface area contributed by atoms with Crippen LogP contribution in [0.5, 0.6) is 11.5 Å². The Balaban J connectivity index is 1.78. The van der Waals surface area contributed by atoms with Gasteiger partial charge >= 0.3 is 11.2 Å². The molecule has 0 unspecified atom stereocenters. The normalized spacial score (nSPS) is 11.0. The number of hydrogen-bond acceptors (Lipinski definition) is 5. The first kappa shape index (κ1) is 18.3. The van der Waals surface area contributed by atoms with Gasteiger partial charge in [-0.3, -0.25) is 14.9 Å². The fourth-order valence-corrected chi connectivity index (χ4v) is 2.85. The third-order valence-corrected chi connectivity index (χ3v) is 4.16. The van der Waals surface area contributed by atoms with Crippen LogP contribution >= 0.6 is 0 Å². The van der Waals surface area contributed by atoms with Gasteiger partial charge in [-0.2, -0.15) is 0 Å². The van der Waals surface area contributed by atoms with Gasteiger partial charge in [-0.1, -0.05) is 18.2 Å². The average Bonchev–Trinajstić information content (AvgIpc) is 3.12. The number of halogens is 2. The van der Waals surface area contributed by atoms with Crippen LogP contribution in [-0.4, -0.2) is 19.5 Å². The van der Waals surface area contributed by atoms with Gasteiger partial charge in [0.2, 0.25) is 0 Å². The summed E-state index contributed by atoms with van der Waals surface area (Å²) in [5, 5.41) is 10.9. The van der Waals surface area contributed by atoms with Gasteiger partial charge in [-0.25, -0.2) is 13.8 Å². The van der Waals surface area contributed by atoms with Gasteiger partial charge in [-0.15, -0.1) is 0 Å². The van der Waals surface area contributed by atoms with Crippen molar-refractivity contribution >= 4 is 16.7 Å². The molecule has 4 aromatic rings. The van der Waals surface area contributed by atoms with Crippen LogP contribution in [0.25, 0.3) is 11.0 Å². The molecule has 0 radical (unpaired) electrons. The molecule has 29 heavy (non-hydrogen) atoms. The molecule has 0 saturated heterocycles. The van der Waals surface area contributed by atoms with Crippen LogP contribution in [0.3, 0.4) is 0 Å². The Morgan fingerprint density at radius 3 is 2.62 bits per heavy atom. The van der Waals surface area contributed by atoms with Crippen molar-refractivity contribution in [3.8, 4) is 11.5 Å². The molecule has 10 heteroatoms. The number of benzene rings is 2. The number of nitro groups is 1. The number of hydrogen-bond donors (Lipinski definition) is 1. The molecule has 0 aliphatic rings. The molecule has 4 rings (SSSR count). The lowest BCUT2D eigenvalue weighted by atomic mass is 10.2. The van der Waals surface area contributed by atoms with Gasteiger partial charge in [0.1, 0.15) is 22.6 Å². The minimum absolute atomic E-state index is 0.0279. The highest BCUT2D eigenvalue weighted by Crippen LogP contribution is 2.33. The van der Waals surface area contributed by atoms with Crippen molar-refractivity contribution in [3.63, 3.8) is 0 Å². The van der Waals surface area contributed by atoms with Crippen molar-refractivity contribution in [2.45, 2.75) is 6.54 Å². The van der Waals surface area contributed by atoms with Crippen molar-refractivity contribution in [2.75, 3.05) is 0 Å². The number of aromatic amines is 1. The maximum atomic E-state index is 14.4. The molecule has 146 valence electrons. The van der Waals surface area contributed by atoms with E-state index < -0.39 is 27.8 Å². The SMILES string of the molecule is O=c1c([N+](=O)[O-])cccn1Cc1nc2c(F)cc(F)c(Oc3ccccc3)c2[nH]1. The smallest absolute Gasteiger partial charge is 0.334 e. The van der Waals surface area contributed by atoms with E-state index in [4.69, 9.17) is 4.74 Å². The number of ether oxygens (including phenoxy) is 1. The molecule has 8 nitrogen and oxygen atoms in total. The van der Waals surface area contributed by atoms with Crippen molar-refractivity contribution in [3.05, 3.63) is 92.7 Å². The van der Waals surface area contributed by atoms with Crippen LogP contribution in [0.2, 0.25) is 0 Å². The molecule has 0 spiro atoms. The molecule has 0 aliphatic carbocycles. The summed E-state index contributed by atoms with van der Waals surface area (Å²) < 4.78 is 35.2. The molecule has 0 amide bonds. The Morgan fingerprint density at radius 2 is 1.90 bits per heavy atom. The maximum Gasteiger partial charge on any atom is 0.334 e.